The number of halogens is 1. The third-order valence-corrected chi connectivity index (χ3v) is 4.25. The summed E-state index contributed by atoms with van der Waals surface area (Å²) in [6, 6.07) is 16.0. The van der Waals surface area contributed by atoms with Crippen LogP contribution in [0.2, 0.25) is 0 Å². The van der Waals surface area contributed by atoms with Crippen molar-refractivity contribution in [3.8, 4) is 17.1 Å². The van der Waals surface area contributed by atoms with Crippen LogP contribution in [-0.4, -0.2) is 53.8 Å². The number of rotatable bonds is 11. The van der Waals surface area contributed by atoms with E-state index in [4.69, 9.17) is 18.6 Å². The normalized spacial score (nSPS) is 11.1. The molecule has 0 saturated heterocycles. The van der Waals surface area contributed by atoms with Crippen molar-refractivity contribution in [2.24, 2.45) is 0 Å². The van der Waals surface area contributed by atoms with Crippen molar-refractivity contribution < 1.29 is 23.0 Å². The Labute approximate surface area is 164 Å². The van der Waals surface area contributed by atoms with Gasteiger partial charge in [-0.15, -0.1) is 0 Å². The van der Waals surface area contributed by atoms with E-state index in [0.29, 0.717) is 26.4 Å². The van der Waals surface area contributed by atoms with Crippen molar-refractivity contribution in [1.82, 2.24) is 0 Å². The Hall–Kier alpha value is -2.57. The van der Waals surface area contributed by atoms with E-state index in [0.717, 1.165) is 33.7 Å². The van der Waals surface area contributed by atoms with Crippen LogP contribution in [-0.2, 0) is 9.47 Å². The topological polar surface area (TPSA) is 44.1 Å². The molecule has 0 aliphatic heterocycles. The lowest BCUT2D eigenvalue weighted by Crippen LogP contribution is -2.11. The van der Waals surface area contributed by atoms with Gasteiger partial charge in [0.05, 0.1) is 26.4 Å². The Bertz CT molecular complexity index is 861. The maximum absolute atomic E-state index is 11.9. The molecule has 0 unspecified atom stereocenters. The number of hydrogen-bond acceptors (Lipinski definition) is 5. The molecule has 0 aliphatic carbocycles. The molecule has 3 rings (SSSR count). The summed E-state index contributed by atoms with van der Waals surface area (Å²) in [5.74, 6) is 1.59. The second kappa shape index (κ2) is 10.1. The highest BCUT2D eigenvalue weighted by Gasteiger charge is 2.08. The third-order valence-electron chi connectivity index (χ3n) is 4.25. The van der Waals surface area contributed by atoms with Crippen LogP contribution >= 0.6 is 0 Å². The highest BCUT2D eigenvalue weighted by molar-refractivity contribution is 5.84. The van der Waals surface area contributed by atoms with Crippen LogP contribution in [0.3, 0.4) is 0 Å². The molecule has 1 aromatic heterocycles. The molecule has 6 heteroatoms. The molecule has 28 heavy (non-hydrogen) atoms. The smallest absolute Gasteiger partial charge is 0.135 e. The van der Waals surface area contributed by atoms with Crippen LogP contribution in [0.1, 0.15) is 0 Å². The van der Waals surface area contributed by atoms with Gasteiger partial charge in [-0.25, -0.2) is 4.39 Å². The van der Waals surface area contributed by atoms with Gasteiger partial charge in [-0.05, 0) is 48.5 Å². The SMILES string of the molecule is CN(C)c1ccc(-c2cc3cc(OCCOCCOCCF)ccc3o2)cc1. The number of benzene rings is 2. The first-order chi connectivity index (χ1) is 13.7. The number of hydrogen-bond donors (Lipinski definition) is 0. The molecule has 0 atom stereocenters. The molecule has 1 heterocycles. The summed E-state index contributed by atoms with van der Waals surface area (Å²) in [6.07, 6.45) is 0. The second-order valence-electron chi connectivity index (χ2n) is 6.51. The van der Waals surface area contributed by atoms with Crippen LogP contribution in [0.15, 0.2) is 52.9 Å². The summed E-state index contributed by atoms with van der Waals surface area (Å²) in [7, 11) is 4.03. The predicted molar refractivity (Wildman–Crippen MR) is 109 cm³/mol. The minimum absolute atomic E-state index is 0.117. The minimum Gasteiger partial charge on any atom is -0.491 e. The fourth-order valence-corrected chi connectivity index (χ4v) is 2.77. The highest BCUT2D eigenvalue weighted by atomic mass is 19.1. The van der Waals surface area contributed by atoms with E-state index in [1.54, 1.807) is 0 Å². The van der Waals surface area contributed by atoms with Gasteiger partial charge in [0.25, 0.3) is 0 Å². The van der Waals surface area contributed by atoms with E-state index in [9.17, 15) is 4.39 Å². The summed E-state index contributed by atoms with van der Waals surface area (Å²) in [5, 5.41) is 0.990. The molecular formula is C22H26FNO4. The Kier molecular flexibility index (Phi) is 7.28. The van der Waals surface area contributed by atoms with Crippen molar-refractivity contribution >= 4 is 16.7 Å². The second-order valence-corrected chi connectivity index (χ2v) is 6.51. The van der Waals surface area contributed by atoms with Gasteiger partial charge < -0.3 is 23.5 Å². The zero-order valence-corrected chi connectivity index (χ0v) is 16.3. The van der Waals surface area contributed by atoms with Gasteiger partial charge in [-0.2, -0.15) is 0 Å². The van der Waals surface area contributed by atoms with E-state index in [1.165, 1.54) is 0 Å². The first kappa shape index (κ1) is 20.2. The molecule has 0 radical (unpaired) electrons. The number of anilines is 1. The van der Waals surface area contributed by atoms with E-state index in [1.807, 2.05) is 38.4 Å². The Morgan fingerprint density at radius 3 is 2.29 bits per heavy atom. The Morgan fingerprint density at radius 2 is 1.57 bits per heavy atom. The zero-order chi connectivity index (χ0) is 19.8. The summed E-state index contributed by atoms with van der Waals surface area (Å²) >= 11 is 0. The average molecular weight is 387 g/mol. The maximum Gasteiger partial charge on any atom is 0.135 e. The highest BCUT2D eigenvalue weighted by Crippen LogP contribution is 2.31. The lowest BCUT2D eigenvalue weighted by Gasteiger charge is -2.11. The minimum atomic E-state index is -0.470. The molecule has 0 saturated carbocycles. The number of fused-ring (bicyclic) bond motifs is 1. The first-order valence-corrected chi connectivity index (χ1v) is 9.33. The first-order valence-electron chi connectivity index (χ1n) is 9.33. The molecule has 2 aromatic carbocycles. The predicted octanol–water partition coefficient (Wildman–Crippen LogP) is 4.55. The molecule has 0 fully saturated rings. The van der Waals surface area contributed by atoms with Crippen LogP contribution in [0.5, 0.6) is 5.75 Å². The average Bonchev–Trinajstić information content (AvgIpc) is 3.13. The molecular weight excluding hydrogens is 361 g/mol. The lowest BCUT2D eigenvalue weighted by atomic mass is 10.1. The quantitative estimate of drug-likeness (QED) is 0.452. The van der Waals surface area contributed by atoms with Crippen molar-refractivity contribution in [3.63, 3.8) is 0 Å². The third kappa shape index (κ3) is 5.47. The maximum atomic E-state index is 11.9. The molecule has 0 amide bonds. The Balaban J connectivity index is 1.54. The molecule has 0 bridgehead atoms. The summed E-state index contributed by atoms with van der Waals surface area (Å²) in [4.78, 5) is 2.06. The summed E-state index contributed by atoms with van der Waals surface area (Å²) in [6.45, 7) is 1.36. The molecule has 150 valence electrons. The largest absolute Gasteiger partial charge is 0.491 e. The van der Waals surface area contributed by atoms with E-state index >= 15 is 0 Å². The van der Waals surface area contributed by atoms with E-state index in [-0.39, 0.29) is 6.61 Å². The van der Waals surface area contributed by atoms with Crippen LogP contribution < -0.4 is 9.64 Å². The molecule has 0 spiro atoms. The van der Waals surface area contributed by atoms with Gasteiger partial charge in [0.2, 0.25) is 0 Å². The van der Waals surface area contributed by atoms with Gasteiger partial charge in [0.15, 0.2) is 0 Å². The molecule has 0 N–H and O–H groups in total. The Morgan fingerprint density at radius 1 is 0.857 bits per heavy atom. The van der Waals surface area contributed by atoms with Gasteiger partial charge in [-0.3, -0.25) is 0 Å². The molecule has 3 aromatic rings. The molecule has 0 aliphatic rings. The van der Waals surface area contributed by atoms with E-state index in [2.05, 4.69) is 29.2 Å². The van der Waals surface area contributed by atoms with Crippen LogP contribution in [0, 0.1) is 0 Å². The van der Waals surface area contributed by atoms with E-state index < -0.39 is 6.67 Å². The van der Waals surface area contributed by atoms with Crippen molar-refractivity contribution in [1.29, 1.82) is 0 Å². The van der Waals surface area contributed by atoms with Crippen LogP contribution in [0.25, 0.3) is 22.3 Å². The van der Waals surface area contributed by atoms with Crippen molar-refractivity contribution in [2.45, 2.75) is 0 Å². The zero-order valence-electron chi connectivity index (χ0n) is 16.3. The van der Waals surface area contributed by atoms with Gasteiger partial charge in [-0.1, -0.05) is 0 Å². The number of nitrogens with zero attached hydrogens (tertiary/aromatic N) is 1. The monoisotopic (exact) mass is 387 g/mol. The fraction of sp³-hybridized carbons (Fsp3) is 0.364. The van der Waals surface area contributed by atoms with Gasteiger partial charge in [0.1, 0.15) is 30.4 Å². The fourth-order valence-electron chi connectivity index (χ4n) is 2.77. The van der Waals surface area contributed by atoms with Gasteiger partial charge in [0, 0.05) is 30.7 Å². The number of ether oxygens (including phenoxy) is 3. The van der Waals surface area contributed by atoms with Crippen molar-refractivity contribution in [3.05, 3.63) is 48.5 Å². The number of furan rings is 1. The standard InChI is InChI=1S/C22H26FNO4/c1-24(2)19-5-3-17(4-6-19)22-16-18-15-20(7-8-21(18)28-22)27-14-13-26-12-11-25-10-9-23/h3-8,15-16H,9-14H2,1-2H3. The summed E-state index contributed by atoms with van der Waals surface area (Å²) in [5.41, 5.74) is 3.00. The van der Waals surface area contributed by atoms with Gasteiger partial charge >= 0.3 is 0 Å². The van der Waals surface area contributed by atoms with Crippen LogP contribution in [0.4, 0.5) is 10.1 Å². The summed E-state index contributed by atoms with van der Waals surface area (Å²) < 4.78 is 33.9. The molecule has 5 nitrogen and oxygen atoms in total. The number of alkyl halides is 1. The van der Waals surface area contributed by atoms with Crippen molar-refractivity contribution in [2.75, 3.05) is 58.7 Å². The lowest BCUT2D eigenvalue weighted by molar-refractivity contribution is 0.0325.